The molecule has 9 heteroatoms. The summed E-state index contributed by atoms with van der Waals surface area (Å²) in [5, 5.41) is 7.72. The zero-order valence-electron chi connectivity index (χ0n) is 16.7. The minimum absolute atomic E-state index is 0.0264. The van der Waals surface area contributed by atoms with Crippen molar-refractivity contribution in [2.24, 2.45) is 5.14 Å². The summed E-state index contributed by atoms with van der Waals surface area (Å²) in [7, 11) is -2.16. The summed E-state index contributed by atoms with van der Waals surface area (Å²) in [6, 6.07) is 13.2. The van der Waals surface area contributed by atoms with E-state index in [0.29, 0.717) is 18.7 Å². The lowest BCUT2D eigenvalue weighted by Gasteiger charge is -2.12. The average molecular weight is 432 g/mol. The molecule has 0 aliphatic rings. The first-order valence-electron chi connectivity index (χ1n) is 9.11. The lowest BCUT2D eigenvalue weighted by atomic mass is 10.1. The smallest absolute Gasteiger partial charge is 0.331 e. The lowest BCUT2D eigenvalue weighted by Crippen LogP contribution is -2.36. The van der Waals surface area contributed by atoms with Gasteiger partial charge in [-0.15, -0.1) is 0 Å². The molecule has 8 nitrogen and oxygen atoms in total. The third-order valence-electron chi connectivity index (χ3n) is 4.15. The number of benzene rings is 2. The van der Waals surface area contributed by atoms with Crippen LogP contribution >= 0.6 is 0 Å². The number of nitrogens with two attached hydrogens (primary N) is 1. The number of hydrogen-bond acceptors (Lipinski definition) is 6. The van der Waals surface area contributed by atoms with E-state index in [1.165, 1.54) is 25.1 Å². The first-order valence-corrected chi connectivity index (χ1v) is 10.7. The molecule has 30 heavy (non-hydrogen) atoms. The van der Waals surface area contributed by atoms with Crippen molar-refractivity contribution in [2.45, 2.75) is 24.3 Å². The predicted octanol–water partition coefficient (Wildman–Crippen LogP) is 1.65. The molecule has 1 amide bonds. The second kappa shape index (κ2) is 10.6. The summed E-state index contributed by atoms with van der Waals surface area (Å²) in [4.78, 5) is 24.0. The third-order valence-corrected chi connectivity index (χ3v) is 5.08. The maximum atomic E-state index is 12.1. The number of methoxy groups -OCH3 is 1. The molecule has 2 rings (SSSR count). The Morgan fingerprint density at radius 1 is 1.10 bits per heavy atom. The van der Waals surface area contributed by atoms with Crippen molar-refractivity contribution in [1.29, 1.82) is 0 Å². The van der Waals surface area contributed by atoms with Crippen molar-refractivity contribution in [3.8, 4) is 5.75 Å². The molecule has 2 aromatic rings. The van der Waals surface area contributed by atoms with Crippen molar-refractivity contribution in [2.75, 3.05) is 13.7 Å². The normalized spacial score (nSPS) is 12.4. The van der Waals surface area contributed by atoms with E-state index in [1.807, 2.05) is 0 Å². The Morgan fingerprint density at radius 3 is 2.30 bits per heavy atom. The summed E-state index contributed by atoms with van der Waals surface area (Å²) in [5.74, 6) is -0.352. The van der Waals surface area contributed by atoms with Gasteiger partial charge in [0.1, 0.15) is 5.75 Å². The molecule has 0 fully saturated rings. The molecule has 0 aromatic heterocycles. The number of carbonyl (C=O) groups is 2. The summed E-state index contributed by atoms with van der Waals surface area (Å²) in [6.07, 6.45) is 2.35. The standard InChI is InChI=1S/C21H24N2O6S/c1-15(29-20(24)12-7-16-3-8-18(28-2)9-4-16)21(25)23-14-13-17-5-10-19(11-6-17)30(22,26)27/h3-12,15H,13-14H2,1-2H3,(H,23,25)(H2,22,26,27)/b12-7+. The highest BCUT2D eigenvalue weighted by molar-refractivity contribution is 7.89. The largest absolute Gasteiger partial charge is 0.497 e. The molecule has 1 unspecified atom stereocenters. The molecule has 0 saturated heterocycles. The topological polar surface area (TPSA) is 125 Å². The van der Waals surface area contributed by atoms with Crippen molar-refractivity contribution in [3.63, 3.8) is 0 Å². The molecule has 0 radical (unpaired) electrons. The average Bonchev–Trinajstić information content (AvgIpc) is 2.72. The van der Waals surface area contributed by atoms with Crippen LogP contribution in [0.15, 0.2) is 59.5 Å². The van der Waals surface area contributed by atoms with E-state index < -0.39 is 28.0 Å². The van der Waals surface area contributed by atoms with Crippen LogP contribution in [-0.2, 0) is 30.8 Å². The van der Waals surface area contributed by atoms with Crippen LogP contribution in [0.4, 0.5) is 0 Å². The van der Waals surface area contributed by atoms with Gasteiger partial charge in [0.2, 0.25) is 10.0 Å². The van der Waals surface area contributed by atoms with Gasteiger partial charge < -0.3 is 14.8 Å². The molecule has 0 saturated carbocycles. The van der Waals surface area contributed by atoms with Crippen molar-refractivity contribution < 1.29 is 27.5 Å². The van der Waals surface area contributed by atoms with Crippen LogP contribution in [0.2, 0.25) is 0 Å². The number of primary sulfonamides is 1. The Balaban J connectivity index is 1.76. The Morgan fingerprint density at radius 2 is 1.73 bits per heavy atom. The van der Waals surface area contributed by atoms with Gasteiger partial charge in [-0.25, -0.2) is 18.4 Å². The van der Waals surface area contributed by atoms with Crippen LogP contribution in [0.25, 0.3) is 6.08 Å². The number of nitrogens with one attached hydrogen (secondary N) is 1. The Hall–Kier alpha value is -3.17. The number of carbonyl (C=O) groups excluding carboxylic acids is 2. The van der Waals surface area contributed by atoms with Crippen LogP contribution in [0.3, 0.4) is 0 Å². The number of amides is 1. The number of rotatable bonds is 9. The molecule has 1 atom stereocenters. The van der Waals surface area contributed by atoms with Gasteiger partial charge in [-0.05, 0) is 54.8 Å². The predicted molar refractivity (Wildman–Crippen MR) is 112 cm³/mol. The zero-order chi connectivity index (χ0) is 22.1. The highest BCUT2D eigenvalue weighted by Gasteiger charge is 2.16. The maximum absolute atomic E-state index is 12.1. The minimum Gasteiger partial charge on any atom is -0.497 e. The van der Waals surface area contributed by atoms with Crippen LogP contribution in [0.1, 0.15) is 18.1 Å². The number of hydrogen-bond donors (Lipinski definition) is 2. The van der Waals surface area contributed by atoms with E-state index in [0.717, 1.165) is 11.1 Å². The van der Waals surface area contributed by atoms with Crippen molar-refractivity contribution >= 4 is 28.0 Å². The molecular formula is C21H24N2O6S. The lowest BCUT2D eigenvalue weighted by molar-refractivity contribution is -0.150. The van der Waals surface area contributed by atoms with Gasteiger partial charge in [0.15, 0.2) is 6.10 Å². The molecule has 0 aliphatic carbocycles. The fraction of sp³-hybridized carbons (Fsp3) is 0.238. The van der Waals surface area contributed by atoms with E-state index in [9.17, 15) is 18.0 Å². The Bertz CT molecular complexity index is 999. The second-order valence-electron chi connectivity index (χ2n) is 6.42. The second-order valence-corrected chi connectivity index (χ2v) is 7.98. The SMILES string of the molecule is COc1ccc(/C=C/C(=O)OC(C)C(=O)NCCc2ccc(S(N)(=O)=O)cc2)cc1. The number of sulfonamides is 1. The Kier molecular flexibility index (Phi) is 8.14. The highest BCUT2D eigenvalue weighted by Crippen LogP contribution is 2.12. The van der Waals surface area contributed by atoms with E-state index >= 15 is 0 Å². The monoisotopic (exact) mass is 432 g/mol. The quantitative estimate of drug-likeness (QED) is 0.458. The van der Waals surface area contributed by atoms with E-state index in [4.69, 9.17) is 14.6 Å². The number of esters is 1. The molecule has 0 bridgehead atoms. The van der Waals surface area contributed by atoms with Gasteiger partial charge in [0, 0.05) is 12.6 Å². The van der Waals surface area contributed by atoms with Crippen LogP contribution in [-0.4, -0.2) is 40.1 Å². The van der Waals surface area contributed by atoms with E-state index in [2.05, 4.69) is 5.32 Å². The van der Waals surface area contributed by atoms with Crippen LogP contribution in [0.5, 0.6) is 5.75 Å². The van der Waals surface area contributed by atoms with E-state index in [1.54, 1.807) is 49.6 Å². The first-order chi connectivity index (χ1) is 14.2. The van der Waals surface area contributed by atoms with Crippen LogP contribution < -0.4 is 15.2 Å². The molecule has 0 aliphatic heterocycles. The first kappa shape index (κ1) is 23.1. The minimum atomic E-state index is -3.73. The number of ether oxygens (including phenoxy) is 2. The molecule has 3 N–H and O–H groups in total. The maximum Gasteiger partial charge on any atom is 0.331 e. The van der Waals surface area contributed by atoms with Gasteiger partial charge in [-0.2, -0.15) is 0 Å². The van der Waals surface area contributed by atoms with Crippen molar-refractivity contribution in [1.82, 2.24) is 5.32 Å². The fourth-order valence-electron chi connectivity index (χ4n) is 2.47. The summed E-state index contributed by atoms with van der Waals surface area (Å²) >= 11 is 0. The molecule has 2 aromatic carbocycles. The van der Waals surface area contributed by atoms with Crippen LogP contribution in [0, 0.1) is 0 Å². The molecular weight excluding hydrogens is 408 g/mol. The molecule has 0 heterocycles. The highest BCUT2D eigenvalue weighted by atomic mass is 32.2. The van der Waals surface area contributed by atoms with Gasteiger partial charge >= 0.3 is 5.97 Å². The molecule has 160 valence electrons. The van der Waals surface area contributed by atoms with Gasteiger partial charge in [-0.3, -0.25) is 4.79 Å². The van der Waals surface area contributed by atoms with E-state index in [-0.39, 0.29) is 4.90 Å². The summed E-state index contributed by atoms with van der Waals surface area (Å²) in [6.45, 7) is 1.78. The van der Waals surface area contributed by atoms with Gasteiger partial charge in [0.25, 0.3) is 5.91 Å². The fourth-order valence-corrected chi connectivity index (χ4v) is 2.98. The summed E-state index contributed by atoms with van der Waals surface area (Å²) in [5.41, 5.74) is 1.62. The van der Waals surface area contributed by atoms with Gasteiger partial charge in [-0.1, -0.05) is 24.3 Å². The van der Waals surface area contributed by atoms with Gasteiger partial charge in [0.05, 0.1) is 12.0 Å². The third kappa shape index (κ3) is 7.34. The van der Waals surface area contributed by atoms with Crippen molar-refractivity contribution in [3.05, 3.63) is 65.7 Å². The summed E-state index contributed by atoms with van der Waals surface area (Å²) < 4.78 is 32.6. The molecule has 0 spiro atoms. The zero-order valence-corrected chi connectivity index (χ0v) is 17.5. The Labute approximate surface area is 175 Å².